The van der Waals surface area contributed by atoms with Crippen LogP contribution in [0.3, 0.4) is 0 Å². The monoisotopic (exact) mass is 333 g/mol. The standard InChI is InChI=1S/C17H20BrNO/c1-11(2)13-5-4-6-15(9-13)20-17-8-7-14(12(3)19)10-16(17)18/h4-12H,19H2,1-3H3/t12-/m1/s1. The zero-order chi connectivity index (χ0) is 14.7. The summed E-state index contributed by atoms with van der Waals surface area (Å²) in [7, 11) is 0. The summed E-state index contributed by atoms with van der Waals surface area (Å²) >= 11 is 3.54. The third-order valence-electron chi connectivity index (χ3n) is 3.23. The van der Waals surface area contributed by atoms with Gasteiger partial charge >= 0.3 is 0 Å². The first-order valence-corrected chi connectivity index (χ1v) is 7.59. The molecule has 0 aliphatic rings. The summed E-state index contributed by atoms with van der Waals surface area (Å²) in [6.07, 6.45) is 0. The fourth-order valence-electron chi connectivity index (χ4n) is 1.95. The van der Waals surface area contributed by atoms with Gasteiger partial charge in [0, 0.05) is 6.04 Å². The van der Waals surface area contributed by atoms with Gasteiger partial charge in [0.2, 0.25) is 0 Å². The Morgan fingerprint density at radius 2 is 1.75 bits per heavy atom. The molecule has 0 saturated carbocycles. The van der Waals surface area contributed by atoms with Crippen LogP contribution in [0, 0.1) is 0 Å². The summed E-state index contributed by atoms with van der Waals surface area (Å²) in [5.41, 5.74) is 8.23. The summed E-state index contributed by atoms with van der Waals surface area (Å²) in [5, 5.41) is 0. The van der Waals surface area contributed by atoms with E-state index in [1.54, 1.807) is 0 Å². The Morgan fingerprint density at radius 3 is 2.35 bits per heavy atom. The lowest BCUT2D eigenvalue weighted by atomic mass is 10.0. The van der Waals surface area contributed by atoms with Crippen molar-refractivity contribution in [3.05, 3.63) is 58.1 Å². The van der Waals surface area contributed by atoms with Crippen molar-refractivity contribution in [1.82, 2.24) is 0 Å². The van der Waals surface area contributed by atoms with Crippen molar-refractivity contribution in [2.75, 3.05) is 0 Å². The van der Waals surface area contributed by atoms with Crippen molar-refractivity contribution >= 4 is 15.9 Å². The van der Waals surface area contributed by atoms with Crippen LogP contribution in [0.5, 0.6) is 11.5 Å². The van der Waals surface area contributed by atoms with Gasteiger partial charge in [0.25, 0.3) is 0 Å². The maximum atomic E-state index is 5.95. The van der Waals surface area contributed by atoms with Gasteiger partial charge in [-0.05, 0) is 64.2 Å². The van der Waals surface area contributed by atoms with Crippen LogP contribution in [0.4, 0.5) is 0 Å². The highest BCUT2D eigenvalue weighted by Crippen LogP contribution is 2.32. The lowest BCUT2D eigenvalue weighted by Crippen LogP contribution is -2.04. The van der Waals surface area contributed by atoms with Gasteiger partial charge in [0.05, 0.1) is 4.47 Å². The van der Waals surface area contributed by atoms with Crippen LogP contribution in [0.25, 0.3) is 0 Å². The van der Waals surface area contributed by atoms with Crippen LogP contribution in [0.15, 0.2) is 46.9 Å². The molecule has 0 fully saturated rings. The molecule has 0 heterocycles. The molecule has 2 aromatic rings. The predicted molar refractivity (Wildman–Crippen MR) is 87.3 cm³/mol. The SMILES string of the molecule is CC(C)c1cccc(Oc2ccc([C@@H](C)N)cc2Br)c1. The third kappa shape index (κ3) is 3.62. The predicted octanol–water partition coefficient (Wildman–Crippen LogP) is 5.38. The number of rotatable bonds is 4. The Bertz CT molecular complexity index is 593. The maximum Gasteiger partial charge on any atom is 0.141 e. The summed E-state index contributed by atoms with van der Waals surface area (Å²) in [4.78, 5) is 0. The number of nitrogens with two attached hydrogens (primary N) is 1. The minimum absolute atomic E-state index is 0.0182. The zero-order valence-electron chi connectivity index (χ0n) is 12.1. The van der Waals surface area contributed by atoms with Crippen molar-refractivity contribution in [2.45, 2.75) is 32.7 Å². The maximum absolute atomic E-state index is 5.95. The molecule has 0 aliphatic carbocycles. The molecule has 2 rings (SSSR count). The van der Waals surface area contributed by atoms with E-state index in [1.165, 1.54) is 5.56 Å². The van der Waals surface area contributed by atoms with Gasteiger partial charge in [-0.2, -0.15) is 0 Å². The lowest BCUT2D eigenvalue weighted by molar-refractivity contribution is 0.478. The average Bonchev–Trinajstić information content (AvgIpc) is 2.41. The fourth-order valence-corrected chi connectivity index (χ4v) is 2.42. The van der Waals surface area contributed by atoms with Gasteiger partial charge in [0.15, 0.2) is 0 Å². The van der Waals surface area contributed by atoms with Crippen LogP contribution >= 0.6 is 15.9 Å². The molecule has 0 aromatic heterocycles. The van der Waals surface area contributed by atoms with Crippen LogP contribution in [0.2, 0.25) is 0 Å². The molecule has 2 N–H and O–H groups in total. The first-order valence-electron chi connectivity index (χ1n) is 6.80. The highest BCUT2D eigenvalue weighted by atomic mass is 79.9. The molecule has 0 aliphatic heterocycles. The van der Waals surface area contributed by atoms with Gasteiger partial charge in [-0.25, -0.2) is 0 Å². The van der Waals surface area contributed by atoms with Crippen LogP contribution < -0.4 is 10.5 Å². The van der Waals surface area contributed by atoms with Gasteiger partial charge in [0.1, 0.15) is 11.5 Å². The molecule has 0 spiro atoms. The smallest absolute Gasteiger partial charge is 0.141 e. The van der Waals surface area contributed by atoms with E-state index in [0.717, 1.165) is 21.5 Å². The number of hydrogen-bond donors (Lipinski definition) is 1. The number of benzene rings is 2. The highest BCUT2D eigenvalue weighted by molar-refractivity contribution is 9.10. The Hall–Kier alpha value is -1.32. The van der Waals surface area contributed by atoms with Crippen molar-refractivity contribution < 1.29 is 4.74 Å². The molecular weight excluding hydrogens is 314 g/mol. The van der Waals surface area contributed by atoms with Crippen LogP contribution in [-0.2, 0) is 0 Å². The summed E-state index contributed by atoms with van der Waals surface area (Å²) in [6.45, 7) is 6.31. The van der Waals surface area contributed by atoms with E-state index in [9.17, 15) is 0 Å². The van der Waals surface area contributed by atoms with Gasteiger partial charge in [-0.1, -0.05) is 32.0 Å². The second-order valence-corrected chi connectivity index (χ2v) is 6.16. The van der Waals surface area contributed by atoms with Crippen LogP contribution in [-0.4, -0.2) is 0 Å². The minimum Gasteiger partial charge on any atom is -0.456 e. The highest BCUT2D eigenvalue weighted by Gasteiger charge is 2.07. The third-order valence-corrected chi connectivity index (χ3v) is 3.85. The van der Waals surface area contributed by atoms with Crippen molar-refractivity contribution in [3.8, 4) is 11.5 Å². The molecule has 3 heteroatoms. The minimum atomic E-state index is 0.0182. The fraction of sp³-hybridized carbons (Fsp3) is 0.294. The van der Waals surface area contributed by atoms with Gasteiger partial charge < -0.3 is 10.5 Å². The van der Waals surface area contributed by atoms with E-state index in [1.807, 2.05) is 37.3 Å². The van der Waals surface area contributed by atoms with Gasteiger partial charge in [-0.15, -0.1) is 0 Å². The molecule has 0 unspecified atom stereocenters. The van der Waals surface area contributed by atoms with E-state index in [-0.39, 0.29) is 6.04 Å². The Labute approximate surface area is 129 Å². The lowest BCUT2D eigenvalue weighted by Gasteiger charge is -2.12. The molecular formula is C17H20BrNO. The number of hydrogen-bond acceptors (Lipinski definition) is 2. The molecule has 20 heavy (non-hydrogen) atoms. The summed E-state index contributed by atoms with van der Waals surface area (Å²) < 4.78 is 6.87. The molecule has 2 aromatic carbocycles. The average molecular weight is 334 g/mol. The molecule has 0 bridgehead atoms. The van der Waals surface area contributed by atoms with E-state index >= 15 is 0 Å². The Kier molecular flexibility index (Phi) is 4.84. The zero-order valence-corrected chi connectivity index (χ0v) is 13.6. The molecule has 106 valence electrons. The topological polar surface area (TPSA) is 35.2 Å². The number of ether oxygens (including phenoxy) is 1. The summed E-state index contributed by atoms with van der Waals surface area (Å²) in [5.74, 6) is 2.14. The first-order chi connectivity index (χ1) is 9.47. The number of halogens is 1. The second-order valence-electron chi connectivity index (χ2n) is 5.31. The Morgan fingerprint density at radius 1 is 1.00 bits per heavy atom. The second kappa shape index (κ2) is 6.42. The molecule has 0 amide bonds. The van der Waals surface area contributed by atoms with E-state index < -0.39 is 0 Å². The van der Waals surface area contributed by atoms with E-state index in [2.05, 4.69) is 41.9 Å². The van der Waals surface area contributed by atoms with E-state index in [4.69, 9.17) is 10.5 Å². The molecule has 1 atom stereocenters. The quantitative estimate of drug-likeness (QED) is 0.814. The first kappa shape index (κ1) is 15.1. The largest absolute Gasteiger partial charge is 0.456 e. The molecule has 2 nitrogen and oxygen atoms in total. The van der Waals surface area contributed by atoms with Crippen molar-refractivity contribution in [3.63, 3.8) is 0 Å². The van der Waals surface area contributed by atoms with Crippen molar-refractivity contribution in [1.29, 1.82) is 0 Å². The Balaban J connectivity index is 2.24. The normalized spacial score (nSPS) is 12.5. The van der Waals surface area contributed by atoms with Crippen molar-refractivity contribution in [2.24, 2.45) is 5.73 Å². The molecule has 0 saturated heterocycles. The van der Waals surface area contributed by atoms with E-state index in [0.29, 0.717) is 5.92 Å². The van der Waals surface area contributed by atoms with Gasteiger partial charge in [-0.3, -0.25) is 0 Å². The van der Waals surface area contributed by atoms with Crippen LogP contribution in [0.1, 0.15) is 43.9 Å². The molecule has 0 radical (unpaired) electrons. The summed E-state index contributed by atoms with van der Waals surface area (Å²) in [6, 6.07) is 14.2.